The Hall–Kier alpha value is -1.37. The highest BCUT2D eigenvalue weighted by molar-refractivity contribution is 14.1. The van der Waals surface area contributed by atoms with Crippen LogP contribution >= 0.6 is 22.6 Å². The minimum Gasteiger partial charge on any atom is -0.361 e. The number of hydrogen-bond donors (Lipinski definition) is 1. The highest BCUT2D eigenvalue weighted by Gasteiger charge is 2.04. The first kappa shape index (κ1) is 10.2. The summed E-state index contributed by atoms with van der Waals surface area (Å²) in [4.78, 5) is 12.8. The maximum atomic E-state index is 10.2. The van der Waals surface area contributed by atoms with Crippen molar-refractivity contribution in [1.82, 2.24) is 4.98 Å². The molecule has 1 N–H and O–H groups in total. The average Bonchev–Trinajstić information content (AvgIpc) is 2.59. The van der Waals surface area contributed by atoms with Gasteiger partial charge in [-0.2, -0.15) is 0 Å². The summed E-state index contributed by atoms with van der Waals surface area (Å²) in [5.41, 5.74) is 1.83. The lowest BCUT2D eigenvalue weighted by atomic mass is 10.2. The second-order valence-corrected chi connectivity index (χ2v) is 4.17. The Balaban J connectivity index is 2.57. The van der Waals surface area contributed by atoms with Crippen molar-refractivity contribution in [2.24, 2.45) is 0 Å². The first-order valence-corrected chi connectivity index (χ1v) is 5.33. The number of aromatic nitrogens is 1. The van der Waals surface area contributed by atoms with Gasteiger partial charge in [0.15, 0.2) is 0 Å². The van der Waals surface area contributed by atoms with Crippen LogP contribution in [0.25, 0.3) is 17.0 Å². The number of nitrogens with zero attached hydrogens (tertiary/aromatic N) is 1. The third-order valence-electron chi connectivity index (χ3n) is 2.06. The minimum atomic E-state index is -0.464. The van der Waals surface area contributed by atoms with Crippen molar-refractivity contribution in [3.8, 4) is 0 Å². The fraction of sp³-hybridized carbons (Fsp3) is 0. The van der Waals surface area contributed by atoms with Crippen molar-refractivity contribution in [3.05, 3.63) is 49.8 Å². The molecular formula is C10H7IN2O2. The van der Waals surface area contributed by atoms with Crippen molar-refractivity contribution >= 4 is 39.6 Å². The topological polar surface area (TPSA) is 58.9 Å². The number of halogens is 1. The molecule has 5 heteroatoms. The maximum Gasteiger partial charge on any atom is 0.235 e. The number of benzene rings is 1. The van der Waals surface area contributed by atoms with Gasteiger partial charge in [0.1, 0.15) is 0 Å². The molecule has 4 nitrogen and oxygen atoms in total. The lowest BCUT2D eigenvalue weighted by Gasteiger charge is -1.94. The van der Waals surface area contributed by atoms with E-state index in [1.165, 1.54) is 6.08 Å². The number of fused-ring (bicyclic) bond motifs is 1. The fourth-order valence-corrected chi connectivity index (χ4v) is 2.25. The molecule has 0 aliphatic carbocycles. The highest BCUT2D eigenvalue weighted by Crippen LogP contribution is 2.24. The Bertz CT molecular complexity index is 545. The molecule has 0 spiro atoms. The van der Waals surface area contributed by atoms with Gasteiger partial charge < -0.3 is 4.98 Å². The van der Waals surface area contributed by atoms with Gasteiger partial charge in [-0.1, -0.05) is 6.07 Å². The Labute approximate surface area is 99.3 Å². The van der Waals surface area contributed by atoms with Crippen LogP contribution in [0.15, 0.2) is 30.6 Å². The Morgan fingerprint density at radius 2 is 2.27 bits per heavy atom. The molecule has 1 heterocycles. The second kappa shape index (κ2) is 4.01. The number of aromatic amines is 1. The Kier molecular flexibility index (Phi) is 2.72. The minimum absolute atomic E-state index is 0.464. The van der Waals surface area contributed by atoms with Crippen LogP contribution in [0.4, 0.5) is 0 Å². The average molecular weight is 314 g/mol. The van der Waals surface area contributed by atoms with E-state index in [9.17, 15) is 10.1 Å². The molecule has 15 heavy (non-hydrogen) atoms. The second-order valence-electron chi connectivity index (χ2n) is 3.01. The highest BCUT2D eigenvalue weighted by atomic mass is 127. The molecular weight excluding hydrogens is 307 g/mol. The van der Waals surface area contributed by atoms with Crippen LogP contribution in [0.3, 0.4) is 0 Å². The summed E-state index contributed by atoms with van der Waals surface area (Å²) in [6.07, 6.45) is 4.22. The molecule has 1 aromatic carbocycles. The first-order valence-electron chi connectivity index (χ1n) is 4.26. The van der Waals surface area contributed by atoms with E-state index in [0.717, 1.165) is 26.2 Å². The van der Waals surface area contributed by atoms with Gasteiger partial charge in [0.05, 0.1) is 4.92 Å². The van der Waals surface area contributed by atoms with Gasteiger partial charge in [-0.3, -0.25) is 10.1 Å². The zero-order valence-electron chi connectivity index (χ0n) is 7.61. The summed E-state index contributed by atoms with van der Waals surface area (Å²) in [5.74, 6) is 0. The summed E-state index contributed by atoms with van der Waals surface area (Å²) in [6, 6.07) is 5.86. The van der Waals surface area contributed by atoms with E-state index in [1.54, 1.807) is 6.20 Å². The fourth-order valence-electron chi connectivity index (χ4n) is 1.44. The Morgan fingerprint density at radius 3 is 3.00 bits per heavy atom. The quantitative estimate of drug-likeness (QED) is 0.526. The van der Waals surface area contributed by atoms with Crippen molar-refractivity contribution in [1.29, 1.82) is 0 Å². The van der Waals surface area contributed by atoms with Gasteiger partial charge in [0, 0.05) is 32.3 Å². The van der Waals surface area contributed by atoms with Crippen LogP contribution in [0.5, 0.6) is 0 Å². The van der Waals surface area contributed by atoms with E-state index < -0.39 is 4.92 Å². The lowest BCUT2D eigenvalue weighted by Crippen LogP contribution is -1.82. The van der Waals surface area contributed by atoms with Gasteiger partial charge in [-0.15, -0.1) is 0 Å². The summed E-state index contributed by atoms with van der Waals surface area (Å²) in [6.45, 7) is 0. The maximum absolute atomic E-state index is 10.2. The summed E-state index contributed by atoms with van der Waals surface area (Å²) in [5, 5.41) is 11.2. The SMILES string of the molecule is O=[N+]([O-])C=Cc1c[nH]c2cccc(I)c12. The predicted molar refractivity (Wildman–Crippen MR) is 67.0 cm³/mol. The summed E-state index contributed by atoms with van der Waals surface area (Å²) < 4.78 is 1.08. The number of nitrogens with one attached hydrogen (secondary N) is 1. The van der Waals surface area contributed by atoms with Gasteiger partial charge in [-0.05, 0) is 34.7 Å². The predicted octanol–water partition coefficient (Wildman–Crippen LogP) is 3.02. The molecule has 2 rings (SSSR count). The standard InChI is InChI=1S/C10H7IN2O2/c11-8-2-1-3-9-10(8)7(6-12-9)4-5-13(14)15/h1-6,12H. The number of H-pyrrole nitrogens is 1. The van der Waals surface area contributed by atoms with Crippen molar-refractivity contribution in [2.45, 2.75) is 0 Å². The Morgan fingerprint density at radius 1 is 1.47 bits per heavy atom. The normalized spacial score (nSPS) is 11.3. The number of rotatable bonds is 2. The van der Waals surface area contributed by atoms with Crippen LogP contribution in [-0.4, -0.2) is 9.91 Å². The largest absolute Gasteiger partial charge is 0.361 e. The van der Waals surface area contributed by atoms with Crippen LogP contribution in [0, 0.1) is 13.7 Å². The van der Waals surface area contributed by atoms with E-state index in [4.69, 9.17) is 0 Å². The molecule has 0 aliphatic heterocycles. The molecule has 2 aromatic rings. The van der Waals surface area contributed by atoms with Gasteiger partial charge in [0.2, 0.25) is 6.20 Å². The zero-order chi connectivity index (χ0) is 10.8. The molecule has 0 aliphatic rings. The molecule has 0 saturated heterocycles. The molecule has 1 aromatic heterocycles. The van der Waals surface area contributed by atoms with Crippen LogP contribution in [-0.2, 0) is 0 Å². The molecule has 0 radical (unpaired) electrons. The first-order chi connectivity index (χ1) is 7.18. The molecule has 0 fully saturated rings. The molecule has 76 valence electrons. The molecule has 0 atom stereocenters. The monoisotopic (exact) mass is 314 g/mol. The lowest BCUT2D eigenvalue weighted by molar-refractivity contribution is -0.400. The molecule has 0 saturated carbocycles. The zero-order valence-corrected chi connectivity index (χ0v) is 9.76. The summed E-state index contributed by atoms with van der Waals surface area (Å²) >= 11 is 2.21. The van der Waals surface area contributed by atoms with Gasteiger partial charge >= 0.3 is 0 Å². The molecule has 0 bridgehead atoms. The van der Waals surface area contributed by atoms with E-state index in [0.29, 0.717) is 0 Å². The third kappa shape index (κ3) is 2.01. The third-order valence-corrected chi connectivity index (χ3v) is 2.96. The molecule has 0 unspecified atom stereocenters. The van der Waals surface area contributed by atoms with Crippen LogP contribution in [0.1, 0.15) is 5.56 Å². The van der Waals surface area contributed by atoms with Crippen molar-refractivity contribution in [3.63, 3.8) is 0 Å². The van der Waals surface area contributed by atoms with Crippen LogP contribution < -0.4 is 0 Å². The van der Waals surface area contributed by atoms with Crippen molar-refractivity contribution in [2.75, 3.05) is 0 Å². The van der Waals surface area contributed by atoms with Gasteiger partial charge in [-0.25, -0.2) is 0 Å². The van der Waals surface area contributed by atoms with E-state index in [-0.39, 0.29) is 0 Å². The summed E-state index contributed by atoms with van der Waals surface area (Å²) in [7, 11) is 0. The van der Waals surface area contributed by atoms with Gasteiger partial charge in [0.25, 0.3) is 0 Å². The van der Waals surface area contributed by atoms with Crippen molar-refractivity contribution < 1.29 is 4.92 Å². The smallest absolute Gasteiger partial charge is 0.235 e. The van der Waals surface area contributed by atoms with E-state index >= 15 is 0 Å². The molecule has 0 amide bonds. The van der Waals surface area contributed by atoms with E-state index in [1.807, 2.05) is 18.2 Å². The van der Waals surface area contributed by atoms with Crippen LogP contribution in [0.2, 0.25) is 0 Å². The number of nitro groups is 1. The number of hydrogen-bond acceptors (Lipinski definition) is 2. The van der Waals surface area contributed by atoms with E-state index in [2.05, 4.69) is 27.6 Å².